The molecule has 8 nitrogen and oxygen atoms in total. The van der Waals surface area contributed by atoms with Crippen molar-refractivity contribution in [3.8, 4) is 0 Å². The second-order valence-corrected chi connectivity index (χ2v) is 5.02. The van der Waals surface area contributed by atoms with Crippen LogP contribution in [0.3, 0.4) is 0 Å². The van der Waals surface area contributed by atoms with Crippen LogP contribution >= 0.6 is 0 Å². The van der Waals surface area contributed by atoms with Crippen LogP contribution in [0, 0.1) is 10.1 Å². The van der Waals surface area contributed by atoms with E-state index in [9.17, 15) is 14.9 Å². The van der Waals surface area contributed by atoms with Crippen LogP contribution in [-0.4, -0.2) is 58.3 Å². The van der Waals surface area contributed by atoms with E-state index in [1.165, 1.54) is 6.07 Å². The van der Waals surface area contributed by atoms with E-state index in [-0.39, 0.29) is 23.0 Å². The molecule has 2 rings (SSSR count). The molecule has 2 N–H and O–H groups in total. The Morgan fingerprint density at radius 3 is 2.67 bits per heavy atom. The van der Waals surface area contributed by atoms with Crippen molar-refractivity contribution in [3.05, 3.63) is 27.9 Å². The van der Waals surface area contributed by atoms with Crippen LogP contribution in [0.15, 0.2) is 12.3 Å². The number of aromatic nitrogens is 1. The number of anilines is 1. The molecule has 1 aliphatic rings. The number of carbonyl (C=O) groups is 1. The number of rotatable bonds is 4. The summed E-state index contributed by atoms with van der Waals surface area (Å²) in [5.74, 6) is -0.263. The molecule has 0 aliphatic carbocycles. The van der Waals surface area contributed by atoms with Gasteiger partial charge in [0.2, 0.25) is 0 Å². The fraction of sp³-hybridized carbons (Fsp3) is 0.538. The summed E-state index contributed by atoms with van der Waals surface area (Å²) in [6, 6.07) is 1.20. The zero-order chi connectivity index (χ0) is 15.4. The molecular weight excluding hydrogens is 274 g/mol. The summed E-state index contributed by atoms with van der Waals surface area (Å²) < 4.78 is 0. The number of carbonyl (C=O) groups excluding carboxylic acids is 1. The smallest absolute Gasteiger partial charge is 0.288 e. The van der Waals surface area contributed by atoms with E-state index in [2.05, 4.69) is 16.8 Å². The second kappa shape index (κ2) is 6.49. The van der Waals surface area contributed by atoms with Crippen LogP contribution in [0.2, 0.25) is 0 Å². The molecular formula is C13H19N5O3. The molecule has 1 aromatic rings. The highest BCUT2D eigenvalue weighted by Crippen LogP contribution is 2.19. The monoisotopic (exact) mass is 293 g/mol. The number of nitrogen functional groups attached to an aromatic ring is 1. The van der Waals surface area contributed by atoms with Gasteiger partial charge in [0.25, 0.3) is 11.6 Å². The molecule has 1 fully saturated rings. The fourth-order valence-electron chi connectivity index (χ4n) is 2.40. The van der Waals surface area contributed by atoms with E-state index in [0.717, 1.165) is 32.3 Å². The number of piperazine rings is 1. The van der Waals surface area contributed by atoms with Gasteiger partial charge in [-0.25, -0.2) is 4.98 Å². The summed E-state index contributed by atoms with van der Waals surface area (Å²) in [6.07, 6.45) is 2.14. The molecule has 0 aromatic carbocycles. The zero-order valence-electron chi connectivity index (χ0n) is 12.0. The van der Waals surface area contributed by atoms with Gasteiger partial charge in [-0.15, -0.1) is 0 Å². The molecule has 1 aromatic heterocycles. The SMILES string of the molecule is CCCN1CCN(C(=O)c2cc([N+](=O)[O-])cnc2N)CC1. The largest absolute Gasteiger partial charge is 0.383 e. The van der Waals surface area contributed by atoms with Gasteiger partial charge in [0.1, 0.15) is 12.0 Å². The topological polar surface area (TPSA) is 106 Å². The highest BCUT2D eigenvalue weighted by Gasteiger charge is 2.25. The minimum Gasteiger partial charge on any atom is -0.383 e. The van der Waals surface area contributed by atoms with E-state index >= 15 is 0 Å². The molecule has 8 heteroatoms. The molecule has 1 aliphatic heterocycles. The van der Waals surface area contributed by atoms with Gasteiger partial charge in [-0.3, -0.25) is 19.8 Å². The molecule has 0 radical (unpaired) electrons. The Balaban J connectivity index is 2.10. The van der Waals surface area contributed by atoms with Crippen molar-refractivity contribution < 1.29 is 9.72 Å². The van der Waals surface area contributed by atoms with E-state index in [1.807, 2.05) is 0 Å². The molecule has 21 heavy (non-hydrogen) atoms. The Labute approximate surface area is 122 Å². The van der Waals surface area contributed by atoms with Gasteiger partial charge >= 0.3 is 0 Å². The van der Waals surface area contributed by atoms with Crippen LogP contribution in [0.5, 0.6) is 0 Å². The third kappa shape index (κ3) is 3.46. The van der Waals surface area contributed by atoms with Crippen molar-refractivity contribution in [1.82, 2.24) is 14.8 Å². The van der Waals surface area contributed by atoms with Gasteiger partial charge in [-0.2, -0.15) is 0 Å². The van der Waals surface area contributed by atoms with E-state index in [0.29, 0.717) is 13.1 Å². The van der Waals surface area contributed by atoms with Crippen molar-refractivity contribution >= 4 is 17.4 Å². The van der Waals surface area contributed by atoms with Gasteiger partial charge in [-0.05, 0) is 13.0 Å². The van der Waals surface area contributed by atoms with Crippen LogP contribution in [0.1, 0.15) is 23.7 Å². The fourth-order valence-corrected chi connectivity index (χ4v) is 2.40. The van der Waals surface area contributed by atoms with E-state index < -0.39 is 4.92 Å². The maximum absolute atomic E-state index is 12.4. The quantitative estimate of drug-likeness (QED) is 0.648. The Hall–Kier alpha value is -2.22. The Morgan fingerprint density at radius 1 is 1.43 bits per heavy atom. The lowest BCUT2D eigenvalue weighted by atomic mass is 10.2. The third-order valence-electron chi connectivity index (χ3n) is 3.54. The molecule has 0 bridgehead atoms. The van der Waals surface area contributed by atoms with Crippen LogP contribution in [0.4, 0.5) is 11.5 Å². The van der Waals surface area contributed by atoms with Gasteiger partial charge in [0, 0.05) is 32.2 Å². The molecule has 0 atom stereocenters. The normalized spacial score (nSPS) is 16.0. The number of hydrogen-bond donors (Lipinski definition) is 1. The minimum absolute atomic E-state index is 0.0292. The Kier molecular flexibility index (Phi) is 4.69. The lowest BCUT2D eigenvalue weighted by molar-refractivity contribution is -0.385. The Bertz CT molecular complexity index is 541. The standard InChI is InChI=1S/C13H19N5O3/c1-2-3-16-4-6-17(7-5-16)13(19)11-8-10(18(20)21)9-15-12(11)14/h8-9H,2-7H2,1H3,(H2,14,15). The summed E-state index contributed by atoms with van der Waals surface area (Å²) in [5, 5.41) is 10.8. The summed E-state index contributed by atoms with van der Waals surface area (Å²) in [6.45, 7) is 5.95. The van der Waals surface area contributed by atoms with Crippen molar-refractivity contribution in [2.45, 2.75) is 13.3 Å². The highest BCUT2D eigenvalue weighted by molar-refractivity contribution is 5.98. The highest BCUT2D eigenvalue weighted by atomic mass is 16.6. The van der Waals surface area contributed by atoms with Crippen molar-refractivity contribution in [2.24, 2.45) is 0 Å². The van der Waals surface area contributed by atoms with Crippen LogP contribution in [-0.2, 0) is 0 Å². The summed E-state index contributed by atoms with van der Waals surface area (Å²) in [7, 11) is 0. The van der Waals surface area contributed by atoms with Gasteiger partial charge < -0.3 is 10.6 Å². The summed E-state index contributed by atoms with van der Waals surface area (Å²) in [5.41, 5.74) is 5.56. The molecule has 2 heterocycles. The summed E-state index contributed by atoms with van der Waals surface area (Å²) in [4.78, 5) is 30.3. The third-order valence-corrected chi connectivity index (χ3v) is 3.54. The number of pyridine rings is 1. The number of nitrogens with two attached hydrogens (primary N) is 1. The van der Waals surface area contributed by atoms with Gasteiger partial charge in [0.05, 0.1) is 10.5 Å². The second-order valence-electron chi connectivity index (χ2n) is 5.02. The predicted octanol–water partition coefficient (Wildman–Crippen LogP) is 0.740. The van der Waals surface area contributed by atoms with Crippen LogP contribution in [0.25, 0.3) is 0 Å². The molecule has 1 amide bonds. The molecule has 1 saturated heterocycles. The molecule has 0 unspecified atom stereocenters. The lowest BCUT2D eigenvalue weighted by Gasteiger charge is -2.34. The average molecular weight is 293 g/mol. The molecule has 114 valence electrons. The maximum Gasteiger partial charge on any atom is 0.288 e. The van der Waals surface area contributed by atoms with E-state index in [1.54, 1.807) is 4.90 Å². The number of hydrogen-bond acceptors (Lipinski definition) is 6. The average Bonchev–Trinajstić information content (AvgIpc) is 2.48. The summed E-state index contributed by atoms with van der Waals surface area (Å²) >= 11 is 0. The molecule has 0 spiro atoms. The lowest BCUT2D eigenvalue weighted by Crippen LogP contribution is -2.48. The first kappa shape index (κ1) is 15.2. The van der Waals surface area contributed by atoms with Crippen molar-refractivity contribution in [3.63, 3.8) is 0 Å². The first-order valence-corrected chi connectivity index (χ1v) is 6.94. The minimum atomic E-state index is -0.581. The number of nitro groups is 1. The van der Waals surface area contributed by atoms with Crippen molar-refractivity contribution in [1.29, 1.82) is 0 Å². The first-order valence-electron chi connectivity index (χ1n) is 6.94. The van der Waals surface area contributed by atoms with E-state index in [4.69, 9.17) is 5.73 Å². The predicted molar refractivity (Wildman–Crippen MR) is 77.9 cm³/mol. The van der Waals surface area contributed by atoms with Crippen molar-refractivity contribution in [2.75, 3.05) is 38.5 Å². The Morgan fingerprint density at radius 2 is 2.10 bits per heavy atom. The number of amides is 1. The van der Waals surface area contributed by atoms with Crippen LogP contribution < -0.4 is 5.73 Å². The number of nitrogens with zero attached hydrogens (tertiary/aromatic N) is 4. The zero-order valence-corrected chi connectivity index (χ0v) is 12.0. The maximum atomic E-state index is 12.4. The first-order chi connectivity index (χ1) is 10.0. The molecule has 0 saturated carbocycles. The van der Waals surface area contributed by atoms with Gasteiger partial charge in [0.15, 0.2) is 0 Å². The van der Waals surface area contributed by atoms with Gasteiger partial charge in [-0.1, -0.05) is 6.92 Å².